The van der Waals surface area contributed by atoms with Gasteiger partial charge in [-0.1, -0.05) is 19.9 Å². The smallest absolute Gasteiger partial charge is 0.253 e. The quantitative estimate of drug-likeness (QED) is 0.636. The molecule has 1 heterocycles. The molecule has 12 heavy (non-hydrogen) atoms. The van der Waals surface area contributed by atoms with Crippen molar-refractivity contribution in [3.05, 3.63) is 28.6 Å². The maximum absolute atomic E-state index is 10.9. The molecule has 0 fully saturated rings. The minimum absolute atomic E-state index is 0.0562. The molecular formula is C9H15NO2. The molecule has 0 aromatic carbocycles. The van der Waals surface area contributed by atoms with Crippen LogP contribution in [0.5, 0.6) is 5.88 Å². The number of methoxy groups -OCH3 is 1. The van der Waals surface area contributed by atoms with Crippen molar-refractivity contribution in [2.75, 3.05) is 7.11 Å². The summed E-state index contributed by atoms with van der Waals surface area (Å²) in [6, 6.07) is 4.89. The second-order valence-corrected chi connectivity index (χ2v) is 1.97. The van der Waals surface area contributed by atoms with Crippen LogP contribution < -0.4 is 10.3 Å². The van der Waals surface area contributed by atoms with Crippen molar-refractivity contribution in [2.45, 2.75) is 13.8 Å². The zero-order chi connectivity index (χ0) is 9.56. The van der Waals surface area contributed by atoms with Crippen LogP contribution in [0.3, 0.4) is 0 Å². The van der Waals surface area contributed by atoms with Crippen LogP contribution in [0, 0.1) is 0 Å². The van der Waals surface area contributed by atoms with Gasteiger partial charge in [0, 0.05) is 13.1 Å². The fourth-order valence-electron chi connectivity index (χ4n) is 0.750. The molecule has 0 saturated heterocycles. The van der Waals surface area contributed by atoms with E-state index >= 15 is 0 Å². The Morgan fingerprint density at radius 3 is 2.33 bits per heavy atom. The van der Waals surface area contributed by atoms with E-state index in [-0.39, 0.29) is 5.56 Å². The van der Waals surface area contributed by atoms with Gasteiger partial charge in [-0.2, -0.15) is 0 Å². The largest absolute Gasteiger partial charge is 0.482 e. The van der Waals surface area contributed by atoms with E-state index < -0.39 is 0 Å². The number of aromatic nitrogens is 1. The summed E-state index contributed by atoms with van der Waals surface area (Å²) in [6.45, 7) is 4.00. The van der Waals surface area contributed by atoms with Crippen molar-refractivity contribution in [3.63, 3.8) is 0 Å². The first-order valence-electron chi connectivity index (χ1n) is 3.95. The molecule has 0 N–H and O–H groups in total. The highest BCUT2D eigenvalue weighted by atomic mass is 16.5. The van der Waals surface area contributed by atoms with Gasteiger partial charge < -0.3 is 4.74 Å². The lowest BCUT2D eigenvalue weighted by molar-refractivity contribution is 0.376. The van der Waals surface area contributed by atoms with Crippen LogP contribution >= 0.6 is 0 Å². The Labute approximate surface area is 72.6 Å². The van der Waals surface area contributed by atoms with Gasteiger partial charge >= 0.3 is 0 Å². The molecule has 0 unspecified atom stereocenters. The maximum atomic E-state index is 10.9. The molecule has 0 radical (unpaired) electrons. The molecule has 0 aliphatic rings. The van der Waals surface area contributed by atoms with Gasteiger partial charge in [0.2, 0.25) is 0 Å². The van der Waals surface area contributed by atoms with Gasteiger partial charge in [0.25, 0.3) is 5.56 Å². The van der Waals surface area contributed by atoms with Gasteiger partial charge in [-0.25, -0.2) is 0 Å². The minimum atomic E-state index is -0.0562. The molecule has 1 rings (SSSR count). The Hall–Kier alpha value is -1.25. The van der Waals surface area contributed by atoms with Crippen LogP contribution in [0.1, 0.15) is 13.8 Å². The predicted molar refractivity (Wildman–Crippen MR) is 49.6 cm³/mol. The van der Waals surface area contributed by atoms with Crippen LogP contribution in [-0.4, -0.2) is 11.7 Å². The zero-order valence-corrected chi connectivity index (χ0v) is 8.00. The average Bonchev–Trinajstić information content (AvgIpc) is 2.13. The SMILES string of the molecule is CC.COc1cccc(=O)n1C. The molecule has 0 aliphatic carbocycles. The third-order valence-electron chi connectivity index (χ3n) is 1.35. The molecule has 1 aromatic heterocycles. The van der Waals surface area contributed by atoms with Gasteiger partial charge in [-0.05, 0) is 6.07 Å². The Bertz CT molecular complexity index is 278. The fourth-order valence-corrected chi connectivity index (χ4v) is 0.750. The van der Waals surface area contributed by atoms with Crippen LogP contribution in [0.25, 0.3) is 0 Å². The minimum Gasteiger partial charge on any atom is -0.482 e. The number of nitrogens with zero attached hydrogens (tertiary/aromatic N) is 1. The van der Waals surface area contributed by atoms with Crippen LogP contribution in [0.15, 0.2) is 23.0 Å². The van der Waals surface area contributed by atoms with E-state index in [1.807, 2.05) is 13.8 Å². The van der Waals surface area contributed by atoms with Crippen molar-refractivity contribution < 1.29 is 4.74 Å². The van der Waals surface area contributed by atoms with E-state index in [1.54, 1.807) is 19.2 Å². The third kappa shape index (κ3) is 2.42. The number of rotatable bonds is 1. The van der Waals surface area contributed by atoms with E-state index in [9.17, 15) is 4.79 Å². The molecule has 0 aliphatic heterocycles. The van der Waals surface area contributed by atoms with Gasteiger partial charge in [-0.3, -0.25) is 9.36 Å². The normalized spacial score (nSPS) is 8.33. The van der Waals surface area contributed by atoms with Crippen LogP contribution in [0.4, 0.5) is 0 Å². The van der Waals surface area contributed by atoms with Crippen molar-refractivity contribution in [2.24, 2.45) is 7.05 Å². The molecule has 0 saturated carbocycles. The molecular weight excluding hydrogens is 154 g/mol. The molecule has 68 valence electrons. The summed E-state index contributed by atoms with van der Waals surface area (Å²) in [5.41, 5.74) is -0.0562. The van der Waals surface area contributed by atoms with E-state index in [1.165, 1.54) is 17.7 Å². The van der Waals surface area contributed by atoms with Crippen molar-refractivity contribution >= 4 is 0 Å². The van der Waals surface area contributed by atoms with Crippen LogP contribution in [-0.2, 0) is 7.05 Å². The average molecular weight is 169 g/mol. The van der Waals surface area contributed by atoms with Gasteiger partial charge in [0.05, 0.1) is 7.11 Å². The molecule has 3 nitrogen and oxygen atoms in total. The lowest BCUT2D eigenvalue weighted by Gasteiger charge is -2.03. The van der Waals surface area contributed by atoms with E-state index in [0.29, 0.717) is 5.88 Å². The molecule has 0 atom stereocenters. The van der Waals surface area contributed by atoms with Gasteiger partial charge in [-0.15, -0.1) is 0 Å². The van der Waals surface area contributed by atoms with Gasteiger partial charge in [0.15, 0.2) is 5.88 Å². The molecule has 1 aromatic rings. The Morgan fingerprint density at radius 1 is 1.33 bits per heavy atom. The molecule has 0 bridgehead atoms. The third-order valence-corrected chi connectivity index (χ3v) is 1.35. The summed E-state index contributed by atoms with van der Waals surface area (Å²) in [5, 5.41) is 0. The zero-order valence-electron chi connectivity index (χ0n) is 8.00. The van der Waals surface area contributed by atoms with Crippen LogP contribution in [0.2, 0.25) is 0 Å². The number of hydrogen-bond donors (Lipinski definition) is 0. The highest BCUT2D eigenvalue weighted by Crippen LogP contribution is 2.01. The summed E-state index contributed by atoms with van der Waals surface area (Å²) in [4.78, 5) is 10.9. The summed E-state index contributed by atoms with van der Waals surface area (Å²) in [6.07, 6.45) is 0. The number of ether oxygens (including phenoxy) is 1. The lowest BCUT2D eigenvalue weighted by atomic mass is 10.5. The standard InChI is InChI=1S/C7H9NO2.C2H6/c1-8-6(9)4-3-5-7(8)10-2;1-2/h3-5H,1-2H3;1-2H3. The fraction of sp³-hybridized carbons (Fsp3) is 0.444. The molecule has 3 heteroatoms. The Morgan fingerprint density at radius 2 is 1.92 bits per heavy atom. The van der Waals surface area contributed by atoms with E-state index in [4.69, 9.17) is 4.74 Å². The second-order valence-electron chi connectivity index (χ2n) is 1.97. The predicted octanol–water partition coefficient (Wildman–Crippen LogP) is 1.42. The maximum Gasteiger partial charge on any atom is 0.253 e. The summed E-state index contributed by atoms with van der Waals surface area (Å²) in [5.74, 6) is 0.576. The van der Waals surface area contributed by atoms with Crippen molar-refractivity contribution in [1.82, 2.24) is 4.57 Å². The van der Waals surface area contributed by atoms with Gasteiger partial charge in [0.1, 0.15) is 0 Å². The Balaban J connectivity index is 0.000000561. The van der Waals surface area contributed by atoms with Crippen molar-refractivity contribution in [1.29, 1.82) is 0 Å². The van der Waals surface area contributed by atoms with E-state index in [0.717, 1.165) is 0 Å². The lowest BCUT2D eigenvalue weighted by Crippen LogP contribution is -2.15. The second kappa shape index (κ2) is 5.41. The number of pyridine rings is 1. The number of hydrogen-bond acceptors (Lipinski definition) is 2. The van der Waals surface area contributed by atoms with Crippen molar-refractivity contribution in [3.8, 4) is 5.88 Å². The highest BCUT2D eigenvalue weighted by molar-refractivity contribution is 5.11. The topological polar surface area (TPSA) is 31.2 Å². The first-order chi connectivity index (χ1) is 5.75. The summed E-state index contributed by atoms with van der Waals surface area (Å²) in [7, 11) is 3.20. The van der Waals surface area contributed by atoms with E-state index in [2.05, 4.69) is 0 Å². The molecule has 0 amide bonds. The summed E-state index contributed by atoms with van der Waals surface area (Å²) < 4.78 is 6.33. The molecule has 0 spiro atoms. The first-order valence-corrected chi connectivity index (χ1v) is 3.95. The first kappa shape index (κ1) is 10.8. The summed E-state index contributed by atoms with van der Waals surface area (Å²) >= 11 is 0. The Kier molecular flexibility index (Phi) is 4.84. The highest BCUT2D eigenvalue weighted by Gasteiger charge is 1.94. The monoisotopic (exact) mass is 169 g/mol.